The SMILES string of the molecule is CSc1nc(N)cc(NC(CO)C(C)C)n1. The third-order valence-electron chi connectivity index (χ3n) is 2.24. The molecule has 4 N–H and O–H groups in total. The van der Waals surface area contributed by atoms with Crippen molar-refractivity contribution >= 4 is 23.4 Å². The average Bonchev–Trinajstić information content (AvgIpc) is 2.24. The maximum absolute atomic E-state index is 9.21. The molecule has 1 unspecified atom stereocenters. The molecule has 90 valence electrons. The van der Waals surface area contributed by atoms with Crippen LogP contribution < -0.4 is 11.1 Å². The zero-order chi connectivity index (χ0) is 12.1. The van der Waals surface area contributed by atoms with Crippen LogP contribution in [0.3, 0.4) is 0 Å². The van der Waals surface area contributed by atoms with Crippen LogP contribution in [0.4, 0.5) is 11.6 Å². The minimum atomic E-state index is -0.0241. The molecular formula is C10H18N4OS. The van der Waals surface area contributed by atoms with Crippen molar-refractivity contribution in [3.63, 3.8) is 0 Å². The van der Waals surface area contributed by atoms with Crippen LogP contribution in [0.25, 0.3) is 0 Å². The van der Waals surface area contributed by atoms with Gasteiger partial charge < -0.3 is 16.2 Å². The Morgan fingerprint density at radius 1 is 1.50 bits per heavy atom. The molecule has 0 aromatic carbocycles. The molecule has 1 heterocycles. The van der Waals surface area contributed by atoms with Gasteiger partial charge in [-0.05, 0) is 12.2 Å². The summed E-state index contributed by atoms with van der Waals surface area (Å²) in [6.07, 6.45) is 1.89. The Morgan fingerprint density at radius 2 is 2.19 bits per heavy atom. The molecule has 16 heavy (non-hydrogen) atoms. The number of hydrogen-bond donors (Lipinski definition) is 3. The summed E-state index contributed by atoms with van der Waals surface area (Å²) in [6, 6.07) is 1.65. The van der Waals surface area contributed by atoms with Gasteiger partial charge in [-0.15, -0.1) is 0 Å². The van der Waals surface area contributed by atoms with E-state index in [-0.39, 0.29) is 12.6 Å². The average molecular weight is 242 g/mol. The monoisotopic (exact) mass is 242 g/mol. The number of rotatable bonds is 5. The zero-order valence-corrected chi connectivity index (χ0v) is 10.6. The molecule has 0 aliphatic carbocycles. The third-order valence-corrected chi connectivity index (χ3v) is 2.79. The van der Waals surface area contributed by atoms with Crippen LogP contribution in [0, 0.1) is 5.92 Å². The van der Waals surface area contributed by atoms with Gasteiger partial charge in [0.05, 0.1) is 12.6 Å². The topological polar surface area (TPSA) is 84.1 Å². The number of nitrogens with zero attached hydrogens (tertiary/aromatic N) is 2. The molecule has 0 fully saturated rings. The minimum Gasteiger partial charge on any atom is -0.394 e. The quantitative estimate of drug-likeness (QED) is 0.531. The summed E-state index contributed by atoms with van der Waals surface area (Å²) < 4.78 is 0. The van der Waals surface area contributed by atoms with Gasteiger partial charge in [-0.25, -0.2) is 9.97 Å². The lowest BCUT2D eigenvalue weighted by Gasteiger charge is -2.20. The van der Waals surface area contributed by atoms with Gasteiger partial charge in [0, 0.05) is 6.07 Å². The largest absolute Gasteiger partial charge is 0.394 e. The van der Waals surface area contributed by atoms with Crippen LogP contribution in [0.15, 0.2) is 11.2 Å². The molecule has 0 saturated carbocycles. The van der Waals surface area contributed by atoms with E-state index in [1.54, 1.807) is 6.07 Å². The summed E-state index contributed by atoms with van der Waals surface area (Å²) in [7, 11) is 0. The second-order valence-electron chi connectivity index (χ2n) is 3.84. The lowest BCUT2D eigenvalue weighted by atomic mass is 10.1. The van der Waals surface area contributed by atoms with Gasteiger partial charge in [0.1, 0.15) is 11.6 Å². The Hall–Kier alpha value is -1.01. The van der Waals surface area contributed by atoms with Gasteiger partial charge in [-0.1, -0.05) is 25.6 Å². The van der Waals surface area contributed by atoms with Crippen molar-refractivity contribution in [3.05, 3.63) is 6.07 Å². The first-order valence-corrected chi connectivity index (χ1v) is 6.35. The number of thioether (sulfide) groups is 1. The van der Waals surface area contributed by atoms with E-state index in [0.717, 1.165) is 0 Å². The predicted octanol–water partition coefficient (Wildman–Crippen LogP) is 1.21. The van der Waals surface area contributed by atoms with E-state index in [2.05, 4.69) is 15.3 Å². The van der Waals surface area contributed by atoms with E-state index in [0.29, 0.717) is 22.7 Å². The van der Waals surface area contributed by atoms with Crippen molar-refractivity contribution in [3.8, 4) is 0 Å². The van der Waals surface area contributed by atoms with Crippen molar-refractivity contribution in [1.82, 2.24) is 9.97 Å². The molecule has 0 aliphatic heterocycles. The van der Waals surface area contributed by atoms with Crippen molar-refractivity contribution in [2.45, 2.75) is 25.0 Å². The fourth-order valence-corrected chi connectivity index (χ4v) is 1.61. The lowest BCUT2D eigenvalue weighted by Crippen LogP contribution is -2.30. The number of nitrogens with two attached hydrogens (primary N) is 1. The van der Waals surface area contributed by atoms with E-state index in [9.17, 15) is 5.11 Å². The Kier molecular flexibility index (Phi) is 4.82. The molecule has 0 saturated heterocycles. The summed E-state index contributed by atoms with van der Waals surface area (Å²) in [5.41, 5.74) is 5.66. The maximum atomic E-state index is 9.21. The van der Waals surface area contributed by atoms with Gasteiger partial charge in [0.2, 0.25) is 0 Å². The Balaban J connectivity index is 2.83. The minimum absolute atomic E-state index is 0.0241. The molecule has 1 rings (SSSR count). The number of aliphatic hydroxyl groups excluding tert-OH is 1. The van der Waals surface area contributed by atoms with Crippen molar-refractivity contribution in [2.24, 2.45) is 5.92 Å². The molecule has 0 radical (unpaired) electrons. The molecule has 1 aromatic heterocycles. The molecule has 0 amide bonds. The maximum Gasteiger partial charge on any atom is 0.191 e. The second-order valence-corrected chi connectivity index (χ2v) is 4.62. The first-order chi connectivity index (χ1) is 7.56. The third kappa shape index (κ3) is 3.53. The zero-order valence-electron chi connectivity index (χ0n) is 9.77. The first-order valence-electron chi connectivity index (χ1n) is 5.12. The van der Waals surface area contributed by atoms with Crippen LogP contribution >= 0.6 is 11.8 Å². The summed E-state index contributed by atoms with van der Waals surface area (Å²) in [4.78, 5) is 8.33. The van der Waals surface area contributed by atoms with Crippen LogP contribution in [0.5, 0.6) is 0 Å². The standard InChI is InChI=1S/C10H18N4OS/c1-6(2)7(5-15)12-9-4-8(11)13-10(14-9)16-3/h4,6-7,15H,5H2,1-3H3,(H3,11,12,13,14). The number of anilines is 2. The van der Waals surface area contributed by atoms with Gasteiger partial charge >= 0.3 is 0 Å². The van der Waals surface area contributed by atoms with E-state index in [1.165, 1.54) is 11.8 Å². The summed E-state index contributed by atoms with van der Waals surface area (Å²) in [5.74, 6) is 1.41. The Bertz CT molecular complexity index is 346. The summed E-state index contributed by atoms with van der Waals surface area (Å²) in [6.45, 7) is 4.14. The van der Waals surface area contributed by atoms with E-state index < -0.39 is 0 Å². The molecule has 6 heteroatoms. The van der Waals surface area contributed by atoms with Crippen LogP contribution in [-0.2, 0) is 0 Å². The lowest BCUT2D eigenvalue weighted by molar-refractivity contribution is 0.249. The predicted molar refractivity (Wildman–Crippen MR) is 67.6 cm³/mol. The summed E-state index contributed by atoms with van der Waals surface area (Å²) in [5, 5.41) is 13.0. The summed E-state index contributed by atoms with van der Waals surface area (Å²) >= 11 is 1.44. The highest BCUT2D eigenvalue weighted by Crippen LogP contribution is 2.17. The number of aliphatic hydroxyl groups is 1. The number of hydrogen-bond acceptors (Lipinski definition) is 6. The van der Waals surface area contributed by atoms with E-state index in [1.807, 2.05) is 20.1 Å². The van der Waals surface area contributed by atoms with Crippen LogP contribution in [0.1, 0.15) is 13.8 Å². The molecule has 1 atom stereocenters. The van der Waals surface area contributed by atoms with E-state index >= 15 is 0 Å². The van der Waals surface area contributed by atoms with Crippen molar-refractivity contribution < 1.29 is 5.11 Å². The molecule has 0 aliphatic rings. The normalized spacial score (nSPS) is 12.8. The molecule has 0 spiro atoms. The van der Waals surface area contributed by atoms with Gasteiger partial charge in [-0.2, -0.15) is 0 Å². The number of nitrogen functional groups attached to an aromatic ring is 1. The first kappa shape index (κ1) is 13.1. The van der Waals surface area contributed by atoms with Gasteiger partial charge in [0.25, 0.3) is 0 Å². The van der Waals surface area contributed by atoms with Crippen molar-refractivity contribution in [2.75, 3.05) is 23.9 Å². The van der Waals surface area contributed by atoms with Gasteiger partial charge in [0.15, 0.2) is 5.16 Å². The fourth-order valence-electron chi connectivity index (χ4n) is 1.22. The highest BCUT2D eigenvalue weighted by atomic mass is 32.2. The van der Waals surface area contributed by atoms with Gasteiger partial charge in [-0.3, -0.25) is 0 Å². The Labute approximate surface area is 99.9 Å². The molecular weight excluding hydrogens is 224 g/mol. The smallest absolute Gasteiger partial charge is 0.191 e. The fraction of sp³-hybridized carbons (Fsp3) is 0.600. The highest BCUT2D eigenvalue weighted by Gasteiger charge is 2.13. The second kappa shape index (κ2) is 5.91. The number of nitrogens with one attached hydrogen (secondary N) is 1. The molecule has 0 bridgehead atoms. The molecule has 1 aromatic rings. The molecule has 5 nitrogen and oxygen atoms in total. The van der Waals surface area contributed by atoms with Crippen molar-refractivity contribution in [1.29, 1.82) is 0 Å². The van der Waals surface area contributed by atoms with E-state index in [4.69, 9.17) is 5.73 Å². The van der Waals surface area contributed by atoms with Crippen LogP contribution in [-0.4, -0.2) is 34.0 Å². The Morgan fingerprint density at radius 3 is 2.69 bits per heavy atom. The van der Waals surface area contributed by atoms with Crippen LogP contribution in [0.2, 0.25) is 0 Å². The highest BCUT2D eigenvalue weighted by molar-refractivity contribution is 7.98. The number of aromatic nitrogens is 2.